The van der Waals surface area contributed by atoms with Crippen molar-refractivity contribution < 1.29 is 8.42 Å². The molecule has 1 aromatic rings. The quantitative estimate of drug-likeness (QED) is 0.864. The molecule has 1 heterocycles. The number of nitrogens with one attached hydrogen (secondary N) is 1. The summed E-state index contributed by atoms with van der Waals surface area (Å²) in [7, 11) is -3.17. The number of nitriles is 1. The molecule has 0 spiro atoms. The van der Waals surface area contributed by atoms with Crippen LogP contribution in [-0.4, -0.2) is 44.7 Å². The number of hydrogen-bond donors (Lipinski definition) is 1. The summed E-state index contributed by atoms with van der Waals surface area (Å²) < 4.78 is 26.5. The van der Waals surface area contributed by atoms with Crippen LogP contribution in [0, 0.1) is 11.3 Å². The van der Waals surface area contributed by atoms with E-state index in [1.165, 1.54) is 0 Å². The van der Waals surface area contributed by atoms with Gasteiger partial charge in [-0.1, -0.05) is 31.2 Å². The Labute approximate surface area is 132 Å². The highest BCUT2D eigenvalue weighted by Gasteiger charge is 2.31. The molecule has 5 nitrogen and oxygen atoms in total. The van der Waals surface area contributed by atoms with Gasteiger partial charge in [-0.25, -0.2) is 13.1 Å². The zero-order valence-corrected chi connectivity index (χ0v) is 13.5. The first-order valence-corrected chi connectivity index (χ1v) is 8.97. The van der Waals surface area contributed by atoms with Gasteiger partial charge < -0.3 is 0 Å². The maximum atomic E-state index is 12.0. The molecule has 0 unspecified atom stereocenters. The summed E-state index contributed by atoms with van der Waals surface area (Å²) in [5.74, 6) is 0. The van der Waals surface area contributed by atoms with Gasteiger partial charge in [-0.05, 0) is 30.7 Å². The molecule has 0 bridgehead atoms. The van der Waals surface area contributed by atoms with Gasteiger partial charge >= 0.3 is 0 Å². The van der Waals surface area contributed by atoms with Gasteiger partial charge in [0, 0.05) is 19.6 Å². The van der Waals surface area contributed by atoms with Gasteiger partial charge in [0.1, 0.15) is 0 Å². The predicted molar refractivity (Wildman–Crippen MR) is 87.6 cm³/mol. The molecule has 1 aliphatic heterocycles. The monoisotopic (exact) mass is 319 g/mol. The number of benzene rings is 1. The normalized spacial score (nSPS) is 19.5. The van der Waals surface area contributed by atoms with Crippen LogP contribution in [0.25, 0.3) is 6.08 Å². The predicted octanol–water partition coefficient (Wildman–Crippen LogP) is 1.59. The Kier molecular flexibility index (Phi) is 5.72. The van der Waals surface area contributed by atoms with E-state index in [2.05, 4.69) is 15.7 Å². The molecule has 0 amide bonds. The molecule has 0 aromatic heterocycles. The van der Waals surface area contributed by atoms with Crippen molar-refractivity contribution in [2.75, 3.05) is 26.2 Å². The maximum absolute atomic E-state index is 12.0. The molecule has 0 aliphatic carbocycles. The zero-order chi connectivity index (χ0) is 16.0. The minimum atomic E-state index is -3.17. The van der Waals surface area contributed by atoms with Crippen molar-refractivity contribution in [2.45, 2.75) is 18.6 Å². The van der Waals surface area contributed by atoms with Crippen molar-refractivity contribution in [1.82, 2.24) is 9.62 Å². The Morgan fingerprint density at radius 3 is 2.77 bits per heavy atom. The lowest BCUT2D eigenvalue weighted by Gasteiger charge is -2.14. The summed E-state index contributed by atoms with van der Waals surface area (Å²) in [5.41, 5.74) is 1.68. The van der Waals surface area contributed by atoms with E-state index in [0.717, 1.165) is 18.7 Å². The van der Waals surface area contributed by atoms with E-state index < -0.39 is 10.0 Å². The second-order valence-electron chi connectivity index (χ2n) is 5.35. The molecule has 1 aliphatic rings. The second-order valence-corrected chi connectivity index (χ2v) is 7.39. The SMILES string of the molecule is CCNS(=O)(=O)[C@@H]1CCN(C/C=C/c2ccc(C#N)cc2)C1. The highest BCUT2D eigenvalue weighted by Crippen LogP contribution is 2.16. The number of likely N-dealkylation sites (tertiary alicyclic amines) is 1. The molecular weight excluding hydrogens is 298 g/mol. The number of nitrogens with zero attached hydrogens (tertiary/aromatic N) is 2. The van der Waals surface area contributed by atoms with Gasteiger partial charge in [-0.15, -0.1) is 0 Å². The summed E-state index contributed by atoms with van der Waals surface area (Å²) >= 11 is 0. The summed E-state index contributed by atoms with van der Waals surface area (Å²) in [5, 5.41) is 8.44. The number of rotatable bonds is 6. The molecule has 118 valence electrons. The van der Waals surface area contributed by atoms with Crippen LogP contribution in [0.3, 0.4) is 0 Å². The maximum Gasteiger partial charge on any atom is 0.215 e. The third-order valence-electron chi connectivity index (χ3n) is 3.73. The van der Waals surface area contributed by atoms with Crippen LogP contribution in [0.2, 0.25) is 0 Å². The Morgan fingerprint density at radius 1 is 1.41 bits per heavy atom. The topological polar surface area (TPSA) is 73.2 Å². The van der Waals surface area contributed by atoms with Crippen molar-refractivity contribution >= 4 is 16.1 Å². The fourth-order valence-electron chi connectivity index (χ4n) is 2.54. The molecular formula is C16H21N3O2S. The van der Waals surface area contributed by atoms with E-state index in [1.54, 1.807) is 19.1 Å². The molecule has 6 heteroatoms. The van der Waals surface area contributed by atoms with E-state index >= 15 is 0 Å². The van der Waals surface area contributed by atoms with Gasteiger partial charge in [0.05, 0.1) is 16.9 Å². The lowest BCUT2D eigenvalue weighted by molar-refractivity contribution is 0.377. The average molecular weight is 319 g/mol. The second kappa shape index (κ2) is 7.54. The number of sulfonamides is 1. The van der Waals surface area contributed by atoms with E-state index in [9.17, 15) is 8.42 Å². The molecule has 0 radical (unpaired) electrons. The summed E-state index contributed by atoms with van der Waals surface area (Å²) in [6.45, 7) is 4.35. The Hall–Kier alpha value is -1.68. The van der Waals surface area contributed by atoms with Gasteiger partial charge in [0.2, 0.25) is 10.0 Å². The molecule has 22 heavy (non-hydrogen) atoms. The van der Waals surface area contributed by atoms with Crippen LogP contribution in [0.1, 0.15) is 24.5 Å². The molecule has 0 saturated carbocycles. The molecule has 1 N–H and O–H groups in total. The van der Waals surface area contributed by atoms with Gasteiger partial charge in [0.25, 0.3) is 0 Å². The van der Waals surface area contributed by atoms with Crippen LogP contribution in [0.5, 0.6) is 0 Å². The van der Waals surface area contributed by atoms with Crippen molar-refractivity contribution in [2.24, 2.45) is 0 Å². The van der Waals surface area contributed by atoms with Crippen molar-refractivity contribution in [1.29, 1.82) is 5.26 Å². The minimum Gasteiger partial charge on any atom is -0.298 e. The standard InChI is InChI=1S/C16H21N3O2S/c1-2-18-22(20,21)16-9-11-19(13-16)10-3-4-14-5-7-15(12-17)8-6-14/h3-8,16,18H,2,9-11,13H2,1H3/b4-3+/t16-/m1/s1. The summed E-state index contributed by atoms with van der Waals surface area (Å²) in [6.07, 6.45) is 4.71. The summed E-state index contributed by atoms with van der Waals surface area (Å²) in [4.78, 5) is 2.14. The Balaban J connectivity index is 1.85. The fourth-order valence-corrected chi connectivity index (χ4v) is 4.00. The molecule has 2 rings (SSSR count). The van der Waals surface area contributed by atoms with Crippen LogP contribution in [0.15, 0.2) is 30.3 Å². The number of hydrogen-bond acceptors (Lipinski definition) is 4. The van der Waals surface area contributed by atoms with Crippen LogP contribution >= 0.6 is 0 Å². The lowest BCUT2D eigenvalue weighted by atomic mass is 10.1. The van der Waals surface area contributed by atoms with Gasteiger partial charge in [0.15, 0.2) is 0 Å². The van der Waals surface area contributed by atoms with E-state index in [1.807, 2.05) is 24.3 Å². The van der Waals surface area contributed by atoms with Crippen LogP contribution in [0.4, 0.5) is 0 Å². The first kappa shape index (κ1) is 16.7. The first-order valence-electron chi connectivity index (χ1n) is 7.42. The van der Waals surface area contributed by atoms with E-state index in [0.29, 0.717) is 25.1 Å². The fraction of sp³-hybridized carbons (Fsp3) is 0.438. The molecule has 1 aromatic carbocycles. The first-order chi connectivity index (χ1) is 10.5. The largest absolute Gasteiger partial charge is 0.298 e. The lowest BCUT2D eigenvalue weighted by Crippen LogP contribution is -2.36. The van der Waals surface area contributed by atoms with Gasteiger partial charge in [-0.2, -0.15) is 5.26 Å². The highest BCUT2D eigenvalue weighted by molar-refractivity contribution is 7.90. The van der Waals surface area contributed by atoms with Crippen molar-refractivity contribution in [3.63, 3.8) is 0 Å². The van der Waals surface area contributed by atoms with Gasteiger partial charge in [-0.3, -0.25) is 4.90 Å². The van der Waals surface area contributed by atoms with Crippen LogP contribution in [-0.2, 0) is 10.0 Å². The summed E-state index contributed by atoms with van der Waals surface area (Å²) in [6, 6.07) is 9.46. The highest BCUT2D eigenvalue weighted by atomic mass is 32.2. The third-order valence-corrected chi connectivity index (χ3v) is 5.68. The average Bonchev–Trinajstić information content (AvgIpc) is 2.98. The third kappa shape index (κ3) is 4.41. The Bertz CT molecular complexity index is 660. The Morgan fingerprint density at radius 2 is 2.14 bits per heavy atom. The van der Waals surface area contributed by atoms with E-state index in [-0.39, 0.29) is 5.25 Å². The van der Waals surface area contributed by atoms with Crippen molar-refractivity contribution in [3.8, 4) is 6.07 Å². The molecule has 1 fully saturated rings. The zero-order valence-electron chi connectivity index (χ0n) is 12.7. The van der Waals surface area contributed by atoms with Crippen molar-refractivity contribution in [3.05, 3.63) is 41.5 Å². The molecule has 1 saturated heterocycles. The smallest absolute Gasteiger partial charge is 0.215 e. The molecule has 1 atom stereocenters. The minimum absolute atomic E-state index is 0.309. The van der Waals surface area contributed by atoms with E-state index in [4.69, 9.17) is 5.26 Å². The van der Waals surface area contributed by atoms with Crippen LogP contribution < -0.4 is 4.72 Å².